The van der Waals surface area contributed by atoms with Gasteiger partial charge in [-0.1, -0.05) is 42.0 Å². The number of allylic oxidation sites excluding steroid dienone is 1. The minimum absolute atomic E-state index is 0.102. The summed E-state index contributed by atoms with van der Waals surface area (Å²) in [6.07, 6.45) is 1.79. The second-order valence-corrected chi connectivity index (χ2v) is 7.77. The molecule has 0 bridgehead atoms. The highest BCUT2D eigenvalue weighted by molar-refractivity contribution is 6.15. The van der Waals surface area contributed by atoms with Gasteiger partial charge in [-0.05, 0) is 55.3 Å². The highest BCUT2D eigenvalue weighted by atomic mass is 16.5. The van der Waals surface area contributed by atoms with E-state index < -0.39 is 0 Å². The van der Waals surface area contributed by atoms with Gasteiger partial charge in [-0.3, -0.25) is 4.79 Å². The summed E-state index contributed by atoms with van der Waals surface area (Å²) < 4.78 is 12.0. The fourth-order valence-electron chi connectivity index (χ4n) is 3.39. The lowest BCUT2D eigenvalue weighted by atomic mass is 10.1. The predicted molar refractivity (Wildman–Crippen MR) is 120 cm³/mol. The molecule has 3 aromatic rings. The third-order valence-electron chi connectivity index (χ3n) is 5.26. The summed E-state index contributed by atoms with van der Waals surface area (Å²) in [4.78, 5) is 14.8. The molecular formula is C26H25NO3. The lowest BCUT2D eigenvalue weighted by Crippen LogP contribution is -2.08. The van der Waals surface area contributed by atoms with Crippen molar-refractivity contribution < 1.29 is 14.3 Å². The lowest BCUT2D eigenvalue weighted by Gasteiger charge is -2.12. The molecule has 1 aliphatic rings. The van der Waals surface area contributed by atoms with Crippen molar-refractivity contribution in [2.45, 2.75) is 20.5 Å². The Labute approximate surface area is 177 Å². The van der Waals surface area contributed by atoms with Crippen LogP contribution < -0.4 is 14.4 Å². The average molecular weight is 399 g/mol. The molecule has 0 N–H and O–H groups in total. The van der Waals surface area contributed by atoms with Gasteiger partial charge < -0.3 is 14.4 Å². The topological polar surface area (TPSA) is 38.8 Å². The zero-order valence-electron chi connectivity index (χ0n) is 17.7. The summed E-state index contributed by atoms with van der Waals surface area (Å²) in [6.45, 7) is 4.45. The highest BCUT2D eigenvalue weighted by Crippen LogP contribution is 2.39. The molecule has 0 fully saturated rings. The molecule has 1 aliphatic heterocycles. The molecule has 4 heteroatoms. The average Bonchev–Trinajstić information content (AvgIpc) is 3.05. The van der Waals surface area contributed by atoms with Crippen molar-refractivity contribution in [3.63, 3.8) is 0 Å². The van der Waals surface area contributed by atoms with Crippen molar-refractivity contribution in [1.29, 1.82) is 0 Å². The van der Waals surface area contributed by atoms with Gasteiger partial charge in [-0.25, -0.2) is 0 Å². The van der Waals surface area contributed by atoms with Crippen molar-refractivity contribution >= 4 is 17.5 Å². The molecule has 4 rings (SSSR count). The largest absolute Gasteiger partial charge is 0.488 e. The van der Waals surface area contributed by atoms with Crippen LogP contribution in [-0.2, 0) is 6.61 Å². The third-order valence-corrected chi connectivity index (χ3v) is 5.26. The highest BCUT2D eigenvalue weighted by Gasteiger charge is 2.30. The second kappa shape index (κ2) is 8.07. The van der Waals surface area contributed by atoms with Gasteiger partial charge in [-0.15, -0.1) is 0 Å². The molecule has 0 radical (unpaired) electrons. The molecule has 0 aromatic heterocycles. The van der Waals surface area contributed by atoms with Crippen molar-refractivity contribution in [2.75, 3.05) is 19.0 Å². The number of ketones is 1. The Balaban J connectivity index is 1.53. The van der Waals surface area contributed by atoms with E-state index in [-0.39, 0.29) is 5.78 Å². The standard InChI is InChI=1S/C26H25NO3/c1-17-5-7-20(8-6-17)16-29-23-14-13-22-25(28)24(30-26(22)18(23)2)15-19-9-11-21(12-10-19)27(3)4/h5-15H,16H2,1-4H3/b24-15-. The number of aryl methyl sites for hydroxylation is 1. The van der Waals surface area contributed by atoms with Crippen LogP contribution in [0.3, 0.4) is 0 Å². The Bertz CT molecular complexity index is 1110. The predicted octanol–water partition coefficient (Wildman–Crippen LogP) is 5.56. The molecule has 30 heavy (non-hydrogen) atoms. The van der Waals surface area contributed by atoms with E-state index in [9.17, 15) is 4.79 Å². The van der Waals surface area contributed by atoms with E-state index in [0.29, 0.717) is 23.7 Å². The van der Waals surface area contributed by atoms with Crippen molar-refractivity contribution in [3.05, 3.63) is 94.2 Å². The molecule has 0 unspecified atom stereocenters. The van der Waals surface area contributed by atoms with E-state index in [4.69, 9.17) is 9.47 Å². The van der Waals surface area contributed by atoms with Crippen LogP contribution in [0.1, 0.15) is 32.6 Å². The number of nitrogens with zero attached hydrogens (tertiary/aromatic N) is 1. The molecule has 0 aliphatic carbocycles. The van der Waals surface area contributed by atoms with Crippen LogP contribution in [0.15, 0.2) is 66.4 Å². The van der Waals surface area contributed by atoms with Gasteiger partial charge in [0, 0.05) is 25.3 Å². The number of Topliss-reactive ketones (excluding diaryl/α,β-unsaturated/α-hetero) is 1. The van der Waals surface area contributed by atoms with Crippen molar-refractivity contribution in [2.24, 2.45) is 0 Å². The van der Waals surface area contributed by atoms with Crippen LogP contribution in [0, 0.1) is 13.8 Å². The normalized spacial score (nSPS) is 13.9. The first-order valence-electron chi connectivity index (χ1n) is 9.96. The number of rotatable bonds is 5. The van der Waals surface area contributed by atoms with E-state index in [0.717, 1.165) is 28.1 Å². The Morgan fingerprint density at radius 3 is 2.30 bits per heavy atom. The minimum Gasteiger partial charge on any atom is -0.488 e. The molecule has 0 saturated carbocycles. The van der Waals surface area contributed by atoms with Crippen LogP contribution in [0.25, 0.3) is 6.08 Å². The van der Waals surface area contributed by atoms with Crippen molar-refractivity contribution in [1.82, 2.24) is 0 Å². The molecule has 4 nitrogen and oxygen atoms in total. The number of benzene rings is 3. The lowest BCUT2D eigenvalue weighted by molar-refractivity contribution is 0.101. The summed E-state index contributed by atoms with van der Waals surface area (Å²) in [5.41, 5.74) is 5.75. The quantitative estimate of drug-likeness (QED) is 0.526. The zero-order valence-corrected chi connectivity index (χ0v) is 17.7. The van der Waals surface area contributed by atoms with Crippen LogP contribution in [0.2, 0.25) is 0 Å². The second-order valence-electron chi connectivity index (χ2n) is 7.77. The van der Waals surface area contributed by atoms with Crippen LogP contribution in [-0.4, -0.2) is 19.9 Å². The molecule has 0 saturated heterocycles. The SMILES string of the molecule is Cc1ccc(COc2ccc3c(c2C)O/C(=C\c2ccc(N(C)C)cc2)C3=O)cc1. The molecule has 0 spiro atoms. The zero-order chi connectivity index (χ0) is 21.3. The van der Waals surface area contributed by atoms with E-state index in [1.165, 1.54) is 5.56 Å². The monoisotopic (exact) mass is 399 g/mol. The van der Waals surface area contributed by atoms with E-state index in [1.807, 2.05) is 56.3 Å². The van der Waals surface area contributed by atoms with Gasteiger partial charge >= 0.3 is 0 Å². The Kier molecular flexibility index (Phi) is 5.32. The summed E-state index contributed by atoms with van der Waals surface area (Å²) in [5, 5.41) is 0. The maximum Gasteiger partial charge on any atom is 0.231 e. The molecule has 1 heterocycles. The maximum atomic E-state index is 12.8. The van der Waals surface area contributed by atoms with Crippen molar-refractivity contribution in [3.8, 4) is 11.5 Å². The number of hydrogen-bond donors (Lipinski definition) is 0. The van der Waals surface area contributed by atoms with Gasteiger partial charge in [0.15, 0.2) is 5.76 Å². The van der Waals surface area contributed by atoms with Crippen LogP contribution >= 0.6 is 0 Å². The van der Waals surface area contributed by atoms with E-state index in [2.05, 4.69) is 31.2 Å². The van der Waals surface area contributed by atoms with E-state index >= 15 is 0 Å². The Morgan fingerprint density at radius 2 is 1.63 bits per heavy atom. The molecule has 152 valence electrons. The maximum absolute atomic E-state index is 12.8. The number of hydrogen-bond acceptors (Lipinski definition) is 4. The summed E-state index contributed by atoms with van der Waals surface area (Å²) >= 11 is 0. The fourth-order valence-corrected chi connectivity index (χ4v) is 3.39. The molecule has 0 amide bonds. The fraction of sp³-hybridized carbons (Fsp3) is 0.192. The van der Waals surface area contributed by atoms with E-state index in [1.54, 1.807) is 12.1 Å². The van der Waals surface area contributed by atoms with Crippen LogP contribution in [0.4, 0.5) is 5.69 Å². The Hall–Kier alpha value is -3.53. The van der Waals surface area contributed by atoms with Gasteiger partial charge in [0.25, 0.3) is 0 Å². The first-order valence-corrected chi connectivity index (χ1v) is 9.96. The Morgan fingerprint density at radius 1 is 0.933 bits per heavy atom. The molecule has 0 atom stereocenters. The number of ether oxygens (including phenoxy) is 2. The summed E-state index contributed by atoms with van der Waals surface area (Å²) in [7, 11) is 3.99. The molecule has 3 aromatic carbocycles. The van der Waals surface area contributed by atoms with Crippen LogP contribution in [0.5, 0.6) is 11.5 Å². The smallest absolute Gasteiger partial charge is 0.231 e. The number of carbonyl (C=O) groups excluding carboxylic acids is 1. The summed E-state index contributed by atoms with van der Waals surface area (Å²) in [5.74, 6) is 1.53. The number of fused-ring (bicyclic) bond motifs is 1. The molecular weight excluding hydrogens is 374 g/mol. The minimum atomic E-state index is -0.102. The third kappa shape index (κ3) is 3.94. The summed E-state index contributed by atoms with van der Waals surface area (Å²) in [6, 6.07) is 19.9. The van der Waals surface area contributed by atoms with Gasteiger partial charge in [-0.2, -0.15) is 0 Å². The first kappa shape index (κ1) is 19.8. The van der Waals surface area contributed by atoms with Gasteiger partial charge in [0.2, 0.25) is 5.78 Å². The number of anilines is 1. The van der Waals surface area contributed by atoms with Gasteiger partial charge in [0.05, 0.1) is 5.56 Å². The first-order chi connectivity index (χ1) is 14.4. The van der Waals surface area contributed by atoms with Gasteiger partial charge in [0.1, 0.15) is 18.1 Å². The number of carbonyl (C=O) groups is 1.